The van der Waals surface area contributed by atoms with E-state index >= 15 is 0 Å². The number of Topliss-reactive ketones (excluding diaryl/α,β-unsaturated/α-hetero) is 1. The van der Waals surface area contributed by atoms with Crippen molar-refractivity contribution in [2.75, 3.05) is 6.54 Å². The molecule has 4 rings (SSSR count). The molecule has 0 aliphatic heterocycles. The van der Waals surface area contributed by atoms with Gasteiger partial charge in [-0.1, -0.05) is 96.0 Å². The molecule has 0 saturated heterocycles. The minimum absolute atomic E-state index is 0.0122. The molecule has 3 aromatic rings. The lowest BCUT2D eigenvalue weighted by Gasteiger charge is -2.31. The first-order chi connectivity index (χ1) is 33.9. The average molecular weight is 1070 g/mol. The summed E-state index contributed by atoms with van der Waals surface area (Å²) in [6.45, 7) is 5.81. The number of benzene rings is 2. The molecule has 1 saturated carbocycles. The first-order valence-electron chi connectivity index (χ1n) is 23.0. The summed E-state index contributed by atoms with van der Waals surface area (Å²) in [6.07, 6.45) is 3.53. The third-order valence-corrected chi connectivity index (χ3v) is 14.4. The fourth-order valence-corrected chi connectivity index (χ4v) is 10.1. The zero-order valence-corrected chi connectivity index (χ0v) is 42.2. The van der Waals surface area contributed by atoms with Crippen molar-refractivity contribution >= 4 is 78.8 Å². The third kappa shape index (κ3) is 17.7. The van der Waals surface area contributed by atoms with Crippen LogP contribution < -0.4 is 36.0 Å². The Morgan fingerprint density at radius 3 is 1.92 bits per heavy atom. The van der Waals surface area contributed by atoms with Crippen molar-refractivity contribution in [1.29, 1.82) is 0 Å². The Balaban J connectivity index is 1.47. The van der Waals surface area contributed by atoms with E-state index in [1.165, 1.54) is 42.9 Å². The molecule has 1 fully saturated rings. The molecule has 0 radical (unpaired) electrons. The minimum Gasteiger partial charge on any atom is -0.344 e. The first-order valence-corrected chi connectivity index (χ1v) is 26.3. The molecule has 1 heterocycles. The molecule has 26 heteroatoms. The number of alkyl halides is 2. The molecule has 21 nitrogen and oxygen atoms in total. The van der Waals surface area contributed by atoms with Crippen LogP contribution in [0.25, 0.3) is 0 Å². The predicted molar refractivity (Wildman–Crippen MR) is 256 cm³/mol. The highest BCUT2D eigenvalue weighted by molar-refractivity contribution is 7.91. The van der Waals surface area contributed by atoms with Gasteiger partial charge >= 0.3 is 0 Å². The van der Waals surface area contributed by atoms with Crippen LogP contribution in [0, 0.1) is 17.8 Å². The van der Waals surface area contributed by atoms with E-state index in [4.69, 9.17) is 11.6 Å². The van der Waals surface area contributed by atoms with Gasteiger partial charge < -0.3 is 26.6 Å². The van der Waals surface area contributed by atoms with Crippen LogP contribution in [0.15, 0.2) is 76.9 Å². The van der Waals surface area contributed by atoms with Gasteiger partial charge in [-0.25, -0.2) is 40.0 Å². The molecular formula is C46H58ClF2N9O12S2. The minimum atomic E-state index is -4.97. The van der Waals surface area contributed by atoms with Gasteiger partial charge in [0.1, 0.15) is 29.9 Å². The lowest BCUT2D eigenvalue weighted by Crippen LogP contribution is -2.60. The van der Waals surface area contributed by atoms with E-state index in [0.29, 0.717) is 25.3 Å². The number of sulfonamides is 2. The lowest BCUT2D eigenvalue weighted by atomic mass is 9.84. The van der Waals surface area contributed by atoms with Crippen molar-refractivity contribution in [3.8, 4) is 0 Å². The molecule has 7 amide bonds. The third-order valence-electron chi connectivity index (χ3n) is 11.5. The number of amides is 7. The van der Waals surface area contributed by atoms with E-state index in [1.807, 2.05) is 19.2 Å². The normalized spacial score (nSPS) is 15.2. The summed E-state index contributed by atoms with van der Waals surface area (Å²) in [5.41, 5.74) is -0.0951. The van der Waals surface area contributed by atoms with Crippen LogP contribution in [0.2, 0.25) is 5.02 Å². The Morgan fingerprint density at radius 1 is 0.722 bits per heavy atom. The van der Waals surface area contributed by atoms with E-state index in [2.05, 4.69) is 31.2 Å². The monoisotopic (exact) mass is 1070 g/mol. The maximum absolute atomic E-state index is 14.1. The van der Waals surface area contributed by atoms with Crippen molar-refractivity contribution in [2.24, 2.45) is 17.8 Å². The fourth-order valence-electron chi connectivity index (χ4n) is 7.57. The van der Waals surface area contributed by atoms with Gasteiger partial charge in [0, 0.05) is 29.4 Å². The number of carbonyl (C=O) groups excluding carboxylic acids is 8. The number of hydrogen-bond acceptors (Lipinski definition) is 14. The maximum Gasteiger partial charge on any atom is 0.290 e. The van der Waals surface area contributed by atoms with E-state index < -0.39 is 131 Å². The molecule has 1 aromatic heterocycles. The molecule has 392 valence electrons. The molecule has 1 aliphatic rings. The van der Waals surface area contributed by atoms with Gasteiger partial charge in [0.25, 0.3) is 43.7 Å². The average Bonchev–Trinajstić information content (AvgIpc) is 3.33. The molecular weight excluding hydrogens is 1010 g/mol. The van der Waals surface area contributed by atoms with Crippen LogP contribution in [0.5, 0.6) is 0 Å². The molecule has 2 unspecified atom stereocenters. The quantitative estimate of drug-likeness (QED) is 0.0601. The molecule has 7 N–H and O–H groups in total. The van der Waals surface area contributed by atoms with Crippen LogP contribution in [0.3, 0.4) is 0 Å². The summed E-state index contributed by atoms with van der Waals surface area (Å²) in [4.78, 5) is 113. The fraction of sp³-hybridized carbons (Fsp3) is 0.478. The van der Waals surface area contributed by atoms with Crippen LogP contribution in [-0.2, 0) is 48.8 Å². The van der Waals surface area contributed by atoms with Gasteiger partial charge in [-0.2, -0.15) is 0 Å². The summed E-state index contributed by atoms with van der Waals surface area (Å²) >= 11 is 6.01. The highest BCUT2D eigenvalue weighted by atomic mass is 35.5. The van der Waals surface area contributed by atoms with E-state index in [0.717, 1.165) is 31.4 Å². The second-order valence-corrected chi connectivity index (χ2v) is 21.4. The van der Waals surface area contributed by atoms with Crippen molar-refractivity contribution in [1.82, 2.24) is 46.0 Å². The number of ketones is 1. The second kappa shape index (κ2) is 26.8. The van der Waals surface area contributed by atoms with E-state index in [-0.39, 0.29) is 35.9 Å². The maximum atomic E-state index is 14.1. The van der Waals surface area contributed by atoms with Gasteiger partial charge in [-0.05, 0) is 60.9 Å². The van der Waals surface area contributed by atoms with Crippen molar-refractivity contribution in [3.05, 3.63) is 83.4 Å². The predicted octanol–water partition coefficient (Wildman–Crippen LogP) is 2.71. The number of rotatable bonds is 25. The number of hydrogen-bond donors (Lipinski definition) is 7. The number of nitrogens with one attached hydrogen (secondary N) is 7. The first kappa shape index (κ1) is 58.1. The summed E-state index contributed by atoms with van der Waals surface area (Å²) in [7, 11) is -9.71. The topological polar surface area (TPSA) is 315 Å². The summed E-state index contributed by atoms with van der Waals surface area (Å²) in [5, 5.41) is 11.5. The zero-order chi connectivity index (χ0) is 53.3. The Hall–Kier alpha value is -6.47. The number of aromatic nitrogens is 2. The van der Waals surface area contributed by atoms with Gasteiger partial charge in [-0.15, -0.1) is 0 Å². The molecule has 0 bridgehead atoms. The Morgan fingerprint density at radius 2 is 1.33 bits per heavy atom. The van der Waals surface area contributed by atoms with E-state index in [1.54, 1.807) is 29.4 Å². The Kier molecular flexibility index (Phi) is 21.6. The van der Waals surface area contributed by atoms with Crippen LogP contribution in [0.4, 0.5) is 8.78 Å². The van der Waals surface area contributed by atoms with Crippen molar-refractivity contribution in [3.63, 3.8) is 0 Å². The van der Waals surface area contributed by atoms with Gasteiger partial charge in [-0.3, -0.25) is 43.3 Å². The van der Waals surface area contributed by atoms with Crippen LogP contribution >= 0.6 is 11.6 Å². The van der Waals surface area contributed by atoms with Crippen molar-refractivity contribution in [2.45, 2.75) is 126 Å². The second-order valence-electron chi connectivity index (χ2n) is 17.6. The van der Waals surface area contributed by atoms with E-state index in [9.17, 15) is 64.0 Å². The molecule has 5 atom stereocenters. The summed E-state index contributed by atoms with van der Waals surface area (Å²) in [5.74, 6) is -10.0. The zero-order valence-electron chi connectivity index (χ0n) is 39.8. The molecule has 2 aromatic carbocycles. The van der Waals surface area contributed by atoms with Gasteiger partial charge in [0.15, 0.2) is 0 Å². The van der Waals surface area contributed by atoms with Crippen LogP contribution in [0.1, 0.15) is 106 Å². The van der Waals surface area contributed by atoms with Crippen molar-refractivity contribution < 1.29 is 64.0 Å². The number of nitrogens with zero attached hydrogens (tertiary/aromatic N) is 2. The largest absolute Gasteiger partial charge is 0.344 e. The summed E-state index contributed by atoms with van der Waals surface area (Å²) < 4.78 is 83.7. The lowest BCUT2D eigenvalue weighted by molar-refractivity contribution is -0.141. The smallest absolute Gasteiger partial charge is 0.290 e. The SMILES string of the molecule is CCC(C)C(NC(=O)[C@H](CC(C)C)NC(=O)c1cnccn1)C(=O)N[C@@H](CC1CCCCC1)C(=O)N[C@@H](CC(F)F)C(=O)C(=O)NCC(=O)NS(=O)(=O)c1cc(Cl)cc(S(=O)(=O)NC(=O)c2ccccc2)c1. The molecule has 0 spiro atoms. The van der Waals surface area contributed by atoms with Gasteiger partial charge in [0.05, 0.1) is 22.5 Å². The van der Waals surface area contributed by atoms with Crippen LogP contribution in [-0.4, -0.2) is 111 Å². The number of carbonyl (C=O) groups is 8. The highest BCUT2D eigenvalue weighted by Gasteiger charge is 2.37. The molecule has 1 aliphatic carbocycles. The number of halogens is 3. The Bertz CT molecular complexity index is 2660. The Labute approximate surface area is 420 Å². The van der Waals surface area contributed by atoms with Gasteiger partial charge in [0.2, 0.25) is 29.9 Å². The highest BCUT2D eigenvalue weighted by Crippen LogP contribution is 2.28. The standard InChI is InChI=1S/C46H58ClF2N9O12S2/c1-5-27(4)39(56-43(63)34(18-26(2)3)54-44(64)36-24-50-16-17-51-36)45(65)55-35(19-28-12-8-6-9-13-28)42(62)53-33(23-37(48)49)40(60)46(66)52-25-38(59)57-71(67,68)31-20-30(47)21-32(22-31)72(69,70)58-41(61)29-14-10-7-11-15-29/h7,10-11,14-17,20-22,24,26-28,33-35,37,39H,5-6,8-9,12-13,18-19,23,25H2,1-4H3,(H,52,66)(H,53,62)(H,54,64)(H,55,65)(H,56,63)(H,57,59)(H,58,61)/t27?,33-,34-,35-,39?/m0/s1. The summed E-state index contributed by atoms with van der Waals surface area (Å²) in [6, 6.07) is 3.25. The molecule has 72 heavy (non-hydrogen) atoms.